The second kappa shape index (κ2) is 9.09. The minimum absolute atomic E-state index is 0.0164. The molecule has 1 aliphatic carbocycles. The van der Waals surface area contributed by atoms with Gasteiger partial charge in [0.2, 0.25) is 5.91 Å². The molecule has 0 aliphatic heterocycles. The van der Waals surface area contributed by atoms with Crippen LogP contribution in [0.4, 0.5) is 5.69 Å². The highest BCUT2D eigenvalue weighted by molar-refractivity contribution is 7.99. The smallest absolute Gasteiger partial charge is 0.263 e. The van der Waals surface area contributed by atoms with E-state index in [0.717, 1.165) is 35.9 Å². The first-order valence-electron chi connectivity index (χ1n) is 9.51. The molecule has 0 radical (unpaired) electrons. The number of aromatic nitrogens is 2. The monoisotopic (exact) mass is 501 g/mol. The van der Waals surface area contributed by atoms with E-state index in [9.17, 15) is 9.59 Å². The number of nitrogens with one attached hydrogen (secondary N) is 1. The Labute approximate surface area is 196 Å². The number of thiophene rings is 1. The Balaban J connectivity index is 1.57. The Morgan fingerprint density at radius 2 is 1.93 bits per heavy atom. The van der Waals surface area contributed by atoms with Crippen LogP contribution in [0.3, 0.4) is 0 Å². The van der Waals surface area contributed by atoms with E-state index < -0.39 is 0 Å². The lowest BCUT2D eigenvalue weighted by atomic mass is 9.97. The van der Waals surface area contributed by atoms with Crippen LogP contribution >= 0.6 is 57.9 Å². The van der Waals surface area contributed by atoms with Crippen LogP contribution in [-0.2, 0) is 24.2 Å². The zero-order valence-corrected chi connectivity index (χ0v) is 20.0. The summed E-state index contributed by atoms with van der Waals surface area (Å²) in [4.78, 5) is 32.4. The highest BCUT2D eigenvalue weighted by Crippen LogP contribution is 2.35. The summed E-state index contributed by atoms with van der Waals surface area (Å²) in [5.41, 5.74) is 1.54. The number of carbonyl (C=O) groups is 1. The maximum absolute atomic E-state index is 13.1. The van der Waals surface area contributed by atoms with Crippen molar-refractivity contribution in [1.29, 1.82) is 0 Å². The van der Waals surface area contributed by atoms with Gasteiger partial charge in [0.25, 0.3) is 5.56 Å². The van der Waals surface area contributed by atoms with Crippen LogP contribution in [-0.4, -0.2) is 21.2 Å². The molecule has 2 heterocycles. The first kappa shape index (κ1) is 22.0. The van der Waals surface area contributed by atoms with Gasteiger partial charge in [0, 0.05) is 11.4 Å². The molecule has 1 amide bonds. The maximum Gasteiger partial charge on any atom is 0.263 e. The molecule has 0 bridgehead atoms. The summed E-state index contributed by atoms with van der Waals surface area (Å²) in [6.07, 6.45) is 4.21. The van der Waals surface area contributed by atoms with Crippen molar-refractivity contribution < 1.29 is 4.79 Å². The van der Waals surface area contributed by atoms with E-state index in [1.54, 1.807) is 15.9 Å². The van der Waals surface area contributed by atoms with Gasteiger partial charge in [0.15, 0.2) is 5.16 Å². The number of carbonyl (C=O) groups excluding carboxylic acids is 1. The molecule has 4 rings (SSSR count). The van der Waals surface area contributed by atoms with Gasteiger partial charge in [-0.3, -0.25) is 14.2 Å². The summed E-state index contributed by atoms with van der Waals surface area (Å²) in [6, 6.07) is 2.99. The van der Waals surface area contributed by atoms with Gasteiger partial charge < -0.3 is 5.32 Å². The van der Waals surface area contributed by atoms with Gasteiger partial charge in [-0.05, 0) is 50.3 Å². The number of rotatable bonds is 5. The highest BCUT2D eigenvalue weighted by Gasteiger charge is 2.22. The summed E-state index contributed by atoms with van der Waals surface area (Å²) in [5, 5.41) is 4.96. The summed E-state index contributed by atoms with van der Waals surface area (Å²) in [5.74, 6) is -0.192. The number of anilines is 1. The van der Waals surface area contributed by atoms with Crippen LogP contribution in [0.1, 0.15) is 30.2 Å². The Hall–Kier alpha value is -1.25. The number of amides is 1. The van der Waals surface area contributed by atoms with E-state index in [1.807, 2.05) is 6.92 Å². The van der Waals surface area contributed by atoms with E-state index >= 15 is 0 Å². The Kier molecular flexibility index (Phi) is 6.65. The molecule has 0 fully saturated rings. The standard InChI is InChI=1S/C20H18Cl3N3O2S2/c1-2-26-19(28)17-10-5-3-4-6-15(10)30-18(17)25-20(26)29-9-16(27)24-14-8-12(22)11(21)7-13(14)23/h7-8H,2-6,9H2,1H3,(H,24,27). The molecule has 0 unspecified atom stereocenters. The first-order valence-corrected chi connectivity index (χ1v) is 12.4. The van der Waals surface area contributed by atoms with E-state index in [1.165, 1.54) is 34.3 Å². The third-order valence-corrected chi connectivity index (χ3v) is 8.17. The Morgan fingerprint density at radius 1 is 1.20 bits per heavy atom. The average Bonchev–Trinajstić information content (AvgIpc) is 3.09. The second-order valence-electron chi connectivity index (χ2n) is 6.92. The third-order valence-electron chi connectivity index (χ3n) is 4.97. The van der Waals surface area contributed by atoms with Crippen molar-refractivity contribution >= 4 is 79.7 Å². The number of thioether (sulfide) groups is 1. The van der Waals surface area contributed by atoms with Crippen molar-refractivity contribution in [1.82, 2.24) is 9.55 Å². The van der Waals surface area contributed by atoms with E-state index in [4.69, 9.17) is 39.8 Å². The first-order chi connectivity index (χ1) is 14.4. The second-order valence-corrected chi connectivity index (χ2v) is 10.2. The number of fused-ring (bicyclic) bond motifs is 3. The van der Waals surface area contributed by atoms with E-state index in [-0.39, 0.29) is 17.2 Å². The van der Waals surface area contributed by atoms with Gasteiger partial charge in [-0.2, -0.15) is 0 Å². The zero-order chi connectivity index (χ0) is 21.4. The third kappa shape index (κ3) is 4.23. The average molecular weight is 503 g/mol. The molecule has 10 heteroatoms. The van der Waals surface area contributed by atoms with Crippen LogP contribution in [0.15, 0.2) is 22.1 Å². The molecular weight excluding hydrogens is 485 g/mol. The molecule has 2 aromatic heterocycles. The quantitative estimate of drug-likeness (QED) is 0.262. The van der Waals surface area contributed by atoms with Crippen molar-refractivity contribution in [2.24, 2.45) is 0 Å². The normalized spacial score (nSPS) is 13.5. The molecule has 3 aromatic rings. The zero-order valence-electron chi connectivity index (χ0n) is 16.1. The minimum Gasteiger partial charge on any atom is -0.324 e. The molecule has 5 nitrogen and oxygen atoms in total. The van der Waals surface area contributed by atoms with Gasteiger partial charge in [0.05, 0.1) is 31.9 Å². The molecule has 1 aliphatic rings. The molecular formula is C20H18Cl3N3O2S2. The van der Waals surface area contributed by atoms with Crippen LogP contribution in [0.2, 0.25) is 15.1 Å². The molecule has 1 N–H and O–H groups in total. The van der Waals surface area contributed by atoms with E-state index in [0.29, 0.717) is 32.5 Å². The predicted molar refractivity (Wildman–Crippen MR) is 127 cm³/mol. The van der Waals surface area contributed by atoms with Crippen molar-refractivity contribution in [3.8, 4) is 0 Å². The summed E-state index contributed by atoms with van der Waals surface area (Å²) >= 11 is 20.9. The minimum atomic E-state index is -0.275. The molecule has 0 saturated heterocycles. The fraction of sp³-hybridized carbons (Fsp3) is 0.350. The number of halogens is 3. The molecule has 0 atom stereocenters. The number of benzene rings is 1. The summed E-state index contributed by atoms with van der Waals surface area (Å²) < 4.78 is 1.65. The summed E-state index contributed by atoms with van der Waals surface area (Å²) in [6.45, 7) is 2.41. The van der Waals surface area contributed by atoms with Crippen molar-refractivity contribution in [2.75, 3.05) is 11.1 Å². The van der Waals surface area contributed by atoms with Gasteiger partial charge in [-0.15, -0.1) is 11.3 Å². The van der Waals surface area contributed by atoms with Gasteiger partial charge >= 0.3 is 0 Å². The number of aryl methyl sites for hydroxylation is 2. The van der Waals surface area contributed by atoms with Gasteiger partial charge in [-0.25, -0.2) is 4.98 Å². The SMILES string of the molecule is CCn1c(SCC(=O)Nc2cc(Cl)c(Cl)cc2Cl)nc2sc3c(c2c1=O)CCCC3. The Bertz CT molecular complexity index is 1210. The van der Waals surface area contributed by atoms with Gasteiger partial charge in [0.1, 0.15) is 4.83 Å². The van der Waals surface area contributed by atoms with E-state index in [2.05, 4.69) is 5.32 Å². The lowest BCUT2D eigenvalue weighted by Crippen LogP contribution is -2.24. The lowest BCUT2D eigenvalue weighted by Gasteiger charge is -2.12. The number of hydrogen-bond donors (Lipinski definition) is 1. The van der Waals surface area contributed by atoms with Crippen LogP contribution in [0.25, 0.3) is 10.2 Å². The largest absolute Gasteiger partial charge is 0.324 e. The Morgan fingerprint density at radius 3 is 2.70 bits per heavy atom. The van der Waals surface area contributed by atoms with Crippen LogP contribution in [0.5, 0.6) is 0 Å². The van der Waals surface area contributed by atoms with Crippen molar-refractivity contribution in [2.45, 2.75) is 44.3 Å². The van der Waals surface area contributed by atoms with Crippen molar-refractivity contribution in [3.05, 3.63) is 48.0 Å². The van der Waals surface area contributed by atoms with Gasteiger partial charge in [-0.1, -0.05) is 46.6 Å². The molecule has 158 valence electrons. The predicted octanol–water partition coefficient (Wildman–Crippen LogP) is 6.05. The maximum atomic E-state index is 13.1. The highest BCUT2D eigenvalue weighted by atomic mass is 35.5. The van der Waals surface area contributed by atoms with Crippen molar-refractivity contribution in [3.63, 3.8) is 0 Å². The number of hydrogen-bond acceptors (Lipinski definition) is 5. The molecule has 1 aromatic carbocycles. The topological polar surface area (TPSA) is 64.0 Å². The summed E-state index contributed by atoms with van der Waals surface area (Å²) in [7, 11) is 0. The fourth-order valence-corrected chi connectivity index (χ4v) is 6.30. The lowest BCUT2D eigenvalue weighted by molar-refractivity contribution is -0.113. The molecule has 0 spiro atoms. The fourth-order valence-electron chi connectivity index (χ4n) is 3.54. The van der Waals surface area contributed by atoms with Crippen LogP contribution in [0, 0.1) is 0 Å². The number of nitrogens with zero attached hydrogens (tertiary/aromatic N) is 2. The molecule has 30 heavy (non-hydrogen) atoms. The molecule has 0 saturated carbocycles. The van der Waals surface area contributed by atoms with Crippen LogP contribution < -0.4 is 10.9 Å².